The highest BCUT2D eigenvalue weighted by atomic mass is 16.5. The number of nitrogens with one attached hydrogen (secondary N) is 2. The number of aromatic nitrogens is 4. The summed E-state index contributed by atoms with van der Waals surface area (Å²) in [6, 6.07) is 16.8. The summed E-state index contributed by atoms with van der Waals surface area (Å²) in [6.45, 7) is 5.72. The van der Waals surface area contributed by atoms with E-state index in [0.717, 1.165) is 29.1 Å². The van der Waals surface area contributed by atoms with Crippen LogP contribution in [0.1, 0.15) is 35.7 Å². The Morgan fingerprint density at radius 1 is 1.06 bits per heavy atom. The van der Waals surface area contributed by atoms with E-state index in [-0.39, 0.29) is 12.1 Å². The van der Waals surface area contributed by atoms with Gasteiger partial charge >= 0.3 is 0 Å². The van der Waals surface area contributed by atoms with Crippen molar-refractivity contribution in [2.45, 2.75) is 31.9 Å². The molecule has 1 aliphatic rings. The Morgan fingerprint density at radius 2 is 1.91 bits per heavy atom. The molecule has 0 bridgehead atoms. The van der Waals surface area contributed by atoms with Crippen LogP contribution in [0.4, 0.5) is 5.69 Å². The number of ether oxygens (including phenoxy) is 1. The maximum absolute atomic E-state index is 6.43. The number of rotatable bonds is 7. The molecule has 5 rings (SSSR count). The van der Waals surface area contributed by atoms with Gasteiger partial charge in [-0.15, -0.1) is 0 Å². The van der Waals surface area contributed by atoms with E-state index in [1.54, 1.807) is 4.68 Å². The number of benzene rings is 1. The molecule has 0 unspecified atom stereocenters. The first-order valence-electron chi connectivity index (χ1n) is 11.7. The summed E-state index contributed by atoms with van der Waals surface area (Å²) in [7, 11) is 1.91. The summed E-state index contributed by atoms with van der Waals surface area (Å²) in [5, 5.41) is 11.6. The molecule has 4 heterocycles. The average Bonchev–Trinajstić information content (AvgIpc) is 3.31. The van der Waals surface area contributed by atoms with Gasteiger partial charge in [0.15, 0.2) is 0 Å². The highest BCUT2D eigenvalue weighted by Gasteiger charge is 2.30. The van der Waals surface area contributed by atoms with Crippen LogP contribution in [0, 0.1) is 6.92 Å². The SMILES string of the molecule is Cc1ccc([C@@H](C)CN[C@H](c2ccccc2)[C@@H]2CNc3cc(-c4cnn(C)c4)cnc3O2)cn1. The van der Waals surface area contributed by atoms with Crippen molar-refractivity contribution in [1.82, 2.24) is 25.1 Å². The largest absolute Gasteiger partial charge is 0.469 e. The molecule has 0 saturated carbocycles. The third kappa shape index (κ3) is 4.79. The molecule has 4 aromatic rings. The zero-order valence-electron chi connectivity index (χ0n) is 19.8. The van der Waals surface area contributed by atoms with Gasteiger partial charge in [-0.05, 0) is 36.1 Å². The Bertz CT molecular complexity index is 1240. The van der Waals surface area contributed by atoms with Crippen LogP contribution in [-0.4, -0.2) is 38.9 Å². The predicted octanol–water partition coefficient (Wildman–Crippen LogP) is 4.49. The van der Waals surface area contributed by atoms with Crippen molar-refractivity contribution in [3.63, 3.8) is 0 Å². The van der Waals surface area contributed by atoms with E-state index in [4.69, 9.17) is 4.74 Å². The molecule has 0 spiro atoms. The molecule has 0 saturated heterocycles. The van der Waals surface area contributed by atoms with Crippen molar-refractivity contribution >= 4 is 5.69 Å². The van der Waals surface area contributed by atoms with Crippen molar-refractivity contribution in [3.05, 3.63) is 90.1 Å². The third-order valence-electron chi connectivity index (χ3n) is 6.32. The number of pyridine rings is 2. The molecule has 2 N–H and O–H groups in total. The fraction of sp³-hybridized carbons (Fsp3) is 0.296. The van der Waals surface area contributed by atoms with Gasteiger partial charge in [-0.2, -0.15) is 5.10 Å². The van der Waals surface area contributed by atoms with E-state index < -0.39 is 0 Å². The first kappa shape index (κ1) is 22.1. The first-order chi connectivity index (χ1) is 16.6. The van der Waals surface area contributed by atoms with E-state index in [1.807, 2.05) is 44.8 Å². The van der Waals surface area contributed by atoms with Gasteiger partial charge in [-0.25, -0.2) is 4.98 Å². The van der Waals surface area contributed by atoms with Crippen LogP contribution in [0.25, 0.3) is 11.1 Å². The van der Waals surface area contributed by atoms with Gasteiger partial charge in [-0.1, -0.05) is 43.3 Å². The van der Waals surface area contributed by atoms with Crippen molar-refractivity contribution in [2.75, 3.05) is 18.4 Å². The van der Waals surface area contributed by atoms with Crippen molar-refractivity contribution in [1.29, 1.82) is 0 Å². The zero-order chi connectivity index (χ0) is 23.5. The molecule has 1 aromatic carbocycles. The second-order valence-corrected chi connectivity index (χ2v) is 8.95. The lowest BCUT2D eigenvalue weighted by Crippen LogP contribution is -2.43. The summed E-state index contributed by atoms with van der Waals surface area (Å²) in [5.41, 5.74) is 6.40. The molecular weight excluding hydrogens is 424 g/mol. The molecule has 174 valence electrons. The maximum Gasteiger partial charge on any atom is 0.237 e. The molecule has 0 fully saturated rings. The number of anilines is 1. The van der Waals surface area contributed by atoms with Gasteiger partial charge in [0.1, 0.15) is 6.10 Å². The van der Waals surface area contributed by atoms with E-state index in [9.17, 15) is 0 Å². The normalized spacial score (nSPS) is 16.7. The molecule has 0 amide bonds. The van der Waals surface area contributed by atoms with Gasteiger partial charge < -0.3 is 15.4 Å². The average molecular weight is 455 g/mol. The number of hydrogen-bond acceptors (Lipinski definition) is 6. The fourth-order valence-electron chi connectivity index (χ4n) is 4.30. The van der Waals surface area contributed by atoms with Gasteiger partial charge in [0.2, 0.25) is 5.88 Å². The molecule has 3 aromatic heterocycles. The van der Waals surface area contributed by atoms with Crippen LogP contribution in [0.15, 0.2) is 73.3 Å². The van der Waals surface area contributed by atoms with Gasteiger partial charge in [0.25, 0.3) is 0 Å². The second-order valence-electron chi connectivity index (χ2n) is 8.95. The highest BCUT2D eigenvalue weighted by Crippen LogP contribution is 2.34. The maximum atomic E-state index is 6.43. The third-order valence-corrected chi connectivity index (χ3v) is 6.32. The Labute approximate surface area is 200 Å². The number of hydrogen-bond donors (Lipinski definition) is 2. The lowest BCUT2D eigenvalue weighted by atomic mass is 9.97. The van der Waals surface area contributed by atoms with Crippen LogP contribution in [0.2, 0.25) is 0 Å². The smallest absolute Gasteiger partial charge is 0.237 e. The van der Waals surface area contributed by atoms with Crippen molar-refractivity contribution in [3.8, 4) is 17.0 Å². The minimum absolute atomic E-state index is 0.0162. The monoisotopic (exact) mass is 454 g/mol. The van der Waals surface area contributed by atoms with E-state index in [0.29, 0.717) is 18.3 Å². The second kappa shape index (κ2) is 9.65. The first-order valence-corrected chi connectivity index (χ1v) is 11.7. The van der Waals surface area contributed by atoms with Gasteiger partial charge in [0.05, 0.1) is 24.5 Å². The van der Waals surface area contributed by atoms with Crippen LogP contribution >= 0.6 is 0 Å². The Hall–Kier alpha value is -3.71. The predicted molar refractivity (Wildman–Crippen MR) is 134 cm³/mol. The van der Waals surface area contributed by atoms with Crippen molar-refractivity contribution < 1.29 is 4.74 Å². The Kier molecular flexibility index (Phi) is 6.27. The lowest BCUT2D eigenvalue weighted by Gasteiger charge is -2.34. The quantitative estimate of drug-likeness (QED) is 0.428. The lowest BCUT2D eigenvalue weighted by molar-refractivity contribution is 0.149. The van der Waals surface area contributed by atoms with Gasteiger partial charge in [-0.3, -0.25) is 9.67 Å². The minimum Gasteiger partial charge on any atom is -0.469 e. The molecule has 7 heteroatoms. The van der Waals surface area contributed by atoms with Crippen LogP contribution < -0.4 is 15.4 Å². The molecule has 3 atom stereocenters. The highest BCUT2D eigenvalue weighted by molar-refractivity contribution is 5.69. The number of aryl methyl sites for hydroxylation is 2. The summed E-state index contributed by atoms with van der Waals surface area (Å²) in [5.74, 6) is 0.950. The molecular formula is C27H30N6O. The number of nitrogens with zero attached hydrogens (tertiary/aromatic N) is 4. The summed E-state index contributed by atoms with van der Waals surface area (Å²) in [4.78, 5) is 9.08. The number of fused-ring (bicyclic) bond motifs is 1. The van der Waals surface area contributed by atoms with E-state index in [2.05, 4.69) is 75.1 Å². The Morgan fingerprint density at radius 3 is 2.65 bits per heavy atom. The van der Waals surface area contributed by atoms with Crippen molar-refractivity contribution in [2.24, 2.45) is 7.05 Å². The van der Waals surface area contributed by atoms with E-state index >= 15 is 0 Å². The molecule has 0 radical (unpaired) electrons. The van der Waals surface area contributed by atoms with Crippen LogP contribution in [0.5, 0.6) is 5.88 Å². The van der Waals surface area contributed by atoms with E-state index in [1.165, 1.54) is 11.1 Å². The topological polar surface area (TPSA) is 76.9 Å². The molecule has 34 heavy (non-hydrogen) atoms. The molecule has 7 nitrogen and oxygen atoms in total. The summed E-state index contributed by atoms with van der Waals surface area (Å²) < 4.78 is 8.22. The molecule has 1 aliphatic heterocycles. The van der Waals surface area contributed by atoms with Crippen LogP contribution in [-0.2, 0) is 7.05 Å². The zero-order valence-corrected chi connectivity index (χ0v) is 19.8. The standard InChI is InChI=1S/C27H30N6O/c1-18(21-10-9-19(2)28-13-21)12-30-26(20-7-5-4-6-8-20)25-16-29-24-11-22(14-31-27(24)34-25)23-15-32-33(3)17-23/h4-11,13-15,17-18,25-26,29-30H,12,16H2,1-3H3/t18-,25-,26+/m0/s1. The molecule has 0 aliphatic carbocycles. The van der Waals surface area contributed by atoms with Crippen LogP contribution in [0.3, 0.4) is 0 Å². The fourth-order valence-corrected chi connectivity index (χ4v) is 4.30. The minimum atomic E-state index is -0.102. The summed E-state index contributed by atoms with van der Waals surface area (Å²) in [6.07, 6.45) is 7.54. The summed E-state index contributed by atoms with van der Waals surface area (Å²) >= 11 is 0. The Balaban J connectivity index is 1.33. The van der Waals surface area contributed by atoms with Gasteiger partial charge in [0, 0.05) is 49.0 Å².